The molecular formula is C33H35NO2. The fraction of sp³-hybridized carbons (Fsp3) is 0.303. The van der Waals surface area contributed by atoms with Crippen molar-refractivity contribution in [2.75, 3.05) is 7.05 Å². The lowest BCUT2D eigenvalue weighted by Crippen LogP contribution is -2.27. The molecule has 4 aromatic carbocycles. The van der Waals surface area contributed by atoms with Crippen molar-refractivity contribution in [3.63, 3.8) is 0 Å². The van der Waals surface area contributed by atoms with E-state index in [9.17, 15) is 4.79 Å². The van der Waals surface area contributed by atoms with Gasteiger partial charge in [-0.25, -0.2) is 0 Å². The number of nitrogens with zero attached hydrogens (tertiary/aromatic N) is 1. The van der Waals surface area contributed by atoms with Gasteiger partial charge in [-0.3, -0.25) is 4.79 Å². The predicted octanol–water partition coefficient (Wildman–Crippen LogP) is 8.11. The fourth-order valence-electron chi connectivity index (χ4n) is 5.37. The molecule has 184 valence electrons. The highest BCUT2D eigenvalue weighted by atomic mass is 16.5. The number of carbonyl (C=O) groups excluding carboxylic acids is 1. The molecule has 0 radical (unpaired) electrons. The molecule has 0 unspecified atom stereocenters. The molecule has 1 fully saturated rings. The molecule has 1 saturated carbocycles. The summed E-state index contributed by atoms with van der Waals surface area (Å²) in [5, 5.41) is 2.38. The summed E-state index contributed by atoms with van der Waals surface area (Å²) in [6.07, 6.45) is 6.28. The Morgan fingerprint density at radius 1 is 0.889 bits per heavy atom. The average molecular weight is 478 g/mol. The van der Waals surface area contributed by atoms with Crippen LogP contribution in [0.4, 0.5) is 0 Å². The Balaban J connectivity index is 1.45. The van der Waals surface area contributed by atoms with Gasteiger partial charge in [-0.15, -0.1) is 0 Å². The van der Waals surface area contributed by atoms with Crippen LogP contribution in [0, 0.1) is 13.8 Å². The lowest BCUT2D eigenvalue weighted by atomic mass is 9.94. The van der Waals surface area contributed by atoms with Gasteiger partial charge in [-0.1, -0.05) is 73.2 Å². The molecule has 3 heteroatoms. The van der Waals surface area contributed by atoms with E-state index in [-0.39, 0.29) is 12.0 Å². The van der Waals surface area contributed by atoms with E-state index < -0.39 is 0 Å². The molecule has 5 rings (SSSR count). The van der Waals surface area contributed by atoms with Crippen molar-refractivity contribution in [3.05, 3.63) is 101 Å². The van der Waals surface area contributed by atoms with Crippen LogP contribution in [0.2, 0.25) is 0 Å². The van der Waals surface area contributed by atoms with Crippen LogP contribution in [0.5, 0.6) is 5.75 Å². The molecule has 4 aromatic rings. The normalized spacial score (nSPS) is 14.1. The summed E-state index contributed by atoms with van der Waals surface area (Å²) in [4.78, 5) is 15.6. The highest BCUT2D eigenvalue weighted by Crippen LogP contribution is 2.35. The van der Waals surface area contributed by atoms with Crippen LogP contribution in [0.3, 0.4) is 0 Å². The topological polar surface area (TPSA) is 29.5 Å². The third kappa shape index (κ3) is 5.02. The average Bonchev–Trinajstić information content (AvgIpc) is 2.91. The van der Waals surface area contributed by atoms with E-state index in [1.54, 1.807) is 0 Å². The molecule has 1 amide bonds. The number of hydrogen-bond donors (Lipinski definition) is 0. The Hall–Kier alpha value is -3.59. The highest BCUT2D eigenvalue weighted by Gasteiger charge is 2.20. The third-order valence-electron chi connectivity index (χ3n) is 7.58. The minimum atomic E-state index is 0.0380. The van der Waals surface area contributed by atoms with Crippen LogP contribution in [-0.4, -0.2) is 24.0 Å². The molecule has 0 aliphatic heterocycles. The van der Waals surface area contributed by atoms with E-state index in [1.165, 1.54) is 30.0 Å². The summed E-state index contributed by atoms with van der Waals surface area (Å²) < 4.78 is 6.48. The SMILES string of the molecule is Cc1cc(-c2ccccc2OC2CCCCC2)cc(C(=O)N(C)Cc2cccc3ccccc23)c1C. The second-order valence-corrected chi connectivity index (χ2v) is 10.1. The van der Waals surface area contributed by atoms with Crippen molar-refractivity contribution < 1.29 is 9.53 Å². The predicted molar refractivity (Wildman–Crippen MR) is 149 cm³/mol. The van der Waals surface area contributed by atoms with Gasteiger partial charge in [-0.05, 0) is 84.7 Å². The van der Waals surface area contributed by atoms with E-state index in [0.29, 0.717) is 6.54 Å². The van der Waals surface area contributed by atoms with Crippen LogP contribution >= 0.6 is 0 Å². The molecule has 0 saturated heterocycles. The van der Waals surface area contributed by atoms with E-state index in [1.807, 2.05) is 37.1 Å². The standard InChI is InChI=1S/C33H35NO2/c1-23-20-27(30-18-9-10-19-32(30)36-28-15-5-4-6-16-28)21-31(24(23)2)33(35)34(3)22-26-14-11-13-25-12-7-8-17-29(25)26/h7-14,17-21,28H,4-6,15-16,22H2,1-3H3. The number of para-hydroxylation sites is 1. The van der Waals surface area contributed by atoms with Gasteiger partial charge in [0.25, 0.3) is 5.91 Å². The quantitative estimate of drug-likeness (QED) is 0.281. The number of ether oxygens (including phenoxy) is 1. The second kappa shape index (κ2) is 10.6. The first-order valence-corrected chi connectivity index (χ1v) is 13.1. The molecule has 1 aliphatic carbocycles. The largest absolute Gasteiger partial charge is 0.490 e. The number of benzene rings is 4. The number of carbonyl (C=O) groups is 1. The van der Waals surface area contributed by atoms with E-state index in [2.05, 4.69) is 67.6 Å². The van der Waals surface area contributed by atoms with Crippen LogP contribution in [-0.2, 0) is 6.54 Å². The molecule has 0 aromatic heterocycles. The monoisotopic (exact) mass is 477 g/mol. The maximum Gasteiger partial charge on any atom is 0.254 e. The minimum absolute atomic E-state index is 0.0380. The maximum absolute atomic E-state index is 13.7. The minimum Gasteiger partial charge on any atom is -0.490 e. The number of rotatable bonds is 6. The fourth-order valence-corrected chi connectivity index (χ4v) is 5.37. The molecule has 0 spiro atoms. The van der Waals surface area contributed by atoms with Crippen molar-refractivity contribution in [3.8, 4) is 16.9 Å². The zero-order valence-corrected chi connectivity index (χ0v) is 21.6. The first kappa shape index (κ1) is 24.1. The molecular weight excluding hydrogens is 442 g/mol. The van der Waals surface area contributed by atoms with E-state index >= 15 is 0 Å². The van der Waals surface area contributed by atoms with Crippen LogP contribution in [0.1, 0.15) is 59.2 Å². The van der Waals surface area contributed by atoms with Gasteiger partial charge in [0.1, 0.15) is 5.75 Å². The Morgan fingerprint density at radius 3 is 2.44 bits per heavy atom. The Morgan fingerprint density at radius 2 is 1.61 bits per heavy atom. The molecule has 0 heterocycles. The molecule has 1 aliphatic rings. The summed E-state index contributed by atoms with van der Waals surface area (Å²) in [6.45, 7) is 4.69. The van der Waals surface area contributed by atoms with Gasteiger partial charge >= 0.3 is 0 Å². The van der Waals surface area contributed by atoms with E-state index in [0.717, 1.165) is 52.0 Å². The Kier molecular flexibility index (Phi) is 7.09. The number of aryl methyl sites for hydroxylation is 1. The van der Waals surface area contributed by atoms with Gasteiger partial charge in [0.2, 0.25) is 0 Å². The van der Waals surface area contributed by atoms with Crippen molar-refractivity contribution in [1.29, 1.82) is 0 Å². The van der Waals surface area contributed by atoms with E-state index in [4.69, 9.17) is 4.74 Å². The van der Waals surface area contributed by atoms with Gasteiger partial charge in [0.15, 0.2) is 0 Å². The first-order chi connectivity index (χ1) is 17.5. The summed E-state index contributed by atoms with van der Waals surface area (Å²) in [5.74, 6) is 0.950. The smallest absolute Gasteiger partial charge is 0.254 e. The van der Waals surface area contributed by atoms with Crippen molar-refractivity contribution in [2.24, 2.45) is 0 Å². The molecule has 0 bridgehead atoms. The Labute approximate surface area is 214 Å². The van der Waals surface area contributed by atoms with Gasteiger partial charge in [0, 0.05) is 24.7 Å². The lowest BCUT2D eigenvalue weighted by Gasteiger charge is -2.25. The molecule has 3 nitrogen and oxygen atoms in total. The van der Waals surface area contributed by atoms with Gasteiger partial charge in [-0.2, -0.15) is 0 Å². The first-order valence-electron chi connectivity index (χ1n) is 13.1. The van der Waals surface area contributed by atoms with Crippen LogP contribution in [0.15, 0.2) is 78.9 Å². The number of fused-ring (bicyclic) bond motifs is 1. The second-order valence-electron chi connectivity index (χ2n) is 10.1. The number of amides is 1. The van der Waals surface area contributed by atoms with Crippen molar-refractivity contribution in [2.45, 2.75) is 58.6 Å². The summed E-state index contributed by atoms with van der Waals surface area (Å²) in [6, 6.07) is 27.1. The summed E-state index contributed by atoms with van der Waals surface area (Å²) in [7, 11) is 1.89. The Bertz CT molecular complexity index is 1380. The lowest BCUT2D eigenvalue weighted by molar-refractivity contribution is 0.0785. The van der Waals surface area contributed by atoms with Crippen molar-refractivity contribution in [1.82, 2.24) is 4.90 Å². The van der Waals surface area contributed by atoms with Gasteiger partial charge < -0.3 is 9.64 Å². The van der Waals surface area contributed by atoms with Crippen LogP contribution < -0.4 is 4.74 Å². The maximum atomic E-state index is 13.7. The zero-order chi connectivity index (χ0) is 25.1. The third-order valence-corrected chi connectivity index (χ3v) is 7.58. The summed E-state index contributed by atoms with van der Waals surface area (Å²) >= 11 is 0. The highest BCUT2D eigenvalue weighted by molar-refractivity contribution is 5.98. The van der Waals surface area contributed by atoms with Gasteiger partial charge in [0.05, 0.1) is 6.10 Å². The molecule has 36 heavy (non-hydrogen) atoms. The zero-order valence-electron chi connectivity index (χ0n) is 21.6. The number of hydrogen-bond acceptors (Lipinski definition) is 2. The van der Waals surface area contributed by atoms with Crippen molar-refractivity contribution >= 4 is 16.7 Å². The molecule has 0 N–H and O–H groups in total. The van der Waals surface area contributed by atoms with Crippen LogP contribution in [0.25, 0.3) is 21.9 Å². The molecule has 0 atom stereocenters. The summed E-state index contributed by atoms with van der Waals surface area (Å²) in [5.41, 5.74) is 6.13.